The van der Waals surface area contributed by atoms with Crippen LogP contribution in [0.25, 0.3) is 0 Å². The van der Waals surface area contributed by atoms with Crippen LogP contribution in [0.15, 0.2) is 12.3 Å². The average Bonchev–Trinajstić information content (AvgIpc) is 2.88. The Labute approximate surface area is 88.9 Å². The molecule has 0 amide bonds. The quantitative estimate of drug-likeness (QED) is 0.821. The van der Waals surface area contributed by atoms with Gasteiger partial charge in [0.1, 0.15) is 0 Å². The molecule has 0 unspecified atom stereocenters. The van der Waals surface area contributed by atoms with Gasteiger partial charge in [0, 0.05) is 12.1 Å². The van der Waals surface area contributed by atoms with Crippen LogP contribution in [0, 0.1) is 5.41 Å². The van der Waals surface area contributed by atoms with Gasteiger partial charge in [-0.05, 0) is 32.8 Å². The lowest BCUT2D eigenvalue weighted by atomic mass is 9.94. The van der Waals surface area contributed by atoms with E-state index in [1.54, 1.807) is 18.5 Å². The van der Waals surface area contributed by atoms with Crippen molar-refractivity contribution in [3.05, 3.63) is 18.0 Å². The molecule has 1 aliphatic carbocycles. The molecule has 1 N–H and O–H groups in total. The zero-order valence-corrected chi connectivity index (χ0v) is 9.10. The van der Waals surface area contributed by atoms with Gasteiger partial charge < -0.3 is 5.11 Å². The molecule has 0 radical (unpaired) electrons. The van der Waals surface area contributed by atoms with Crippen LogP contribution in [0.2, 0.25) is 0 Å². The first-order chi connectivity index (χ1) is 6.99. The molecule has 0 bridgehead atoms. The molecule has 1 fully saturated rings. The Morgan fingerprint density at radius 3 is 2.87 bits per heavy atom. The molecular formula is C11H16N2O2. The number of nitrogens with zero attached hydrogens (tertiary/aromatic N) is 2. The Morgan fingerprint density at radius 2 is 2.33 bits per heavy atom. The van der Waals surface area contributed by atoms with E-state index in [0.29, 0.717) is 12.5 Å². The maximum absolute atomic E-state index is 10.9. The summed E-state index contributed by atoms with van der Waals surface area (Å²) in [6.07, 6.45) is 4.32. The fraction of sp³-hybridized carbons (Fsp3) is 0.636. The van der Waals surface area contributed by atoms with E-state index in [9.17, 15) is 4.79 Å². The van der Waals surface area contributed by atoms with Crippen molar-refractivity contribution in [2.75, 3.05) is 0 Å². The highest BCUT2D eigenvalue weighted by molar-refractivity contribution is 5.73. The van der Waals surface area contributed by atoms with Gasteiger partial charge >= 0.3 is 5.97 Å². The lowest BCUT2D eigenvalue weighted by Crippen LogP contribution is -2.29. The number of carbonyl (C=O) groups is 1. The lowest BCUT2D eigenvalue weighted by Gasteiger charge is -2.18. The SMILES string of the molecule is CC(C)(Cn1ccc(C2CC2)n1)C(=O)O. The Kier molecular flexibility index (Phi) is 2.29. The molecule has 1 aliphatic rings. The van der Waals surface area contributed by atoms with Crippen molar-refractivity contribution >= 4 is 5.97 Å². The second-order valence-electron chi connectivity index (χ2n) is 4.90. The maximum atomic E-state index is 10.9. The molecule has 4 nitrogen and oxygen atoms in total. The molecule has 0 aliphatic heterocycles. The summed E-state index contributed by atoms with van der Waals surface area (Å²) in [7, 11) is 0. The summed E-state index contributed by atoms with van der Waals surface area (Å²) in [5.74, 6) is -0.162. The van der Waals surface area contributed by atoms with Crippen molar-refractivity contribution in [3.8, 4) is 0 Å². The van der Waals surface area contributed by atoms with E-state index in [1.807, 2.05) is 12.3 Å². The molecule has 1 heterocycles. The van der Waals surface area contributed by atoms with Crippen LogP contribution in [0.3, 0.4) is 0 Å². The van der Waals surface area contributed by atoms with Crippen LogP contribution in [0.5, 0.6) is 0 Å². The van der Waals surface area contributed by atoms with E-state index < -0.39 is 11.4 Å². The van der Waals surface area contributed by atoms with Gasteiger partial charge in [-0.1, -0.05) is 0 Å². The van der Waals surface area contributed by atoms with E-state index >= 15 is 0 Å². The van der Waals surface area contributed by atoms with Gasteiger partial charge in [0.2, 0.25) is 0 Å². The fourth-order valence-corrected chi connectivity index (χ4v) is 1.53. The van der Waals surface area contributed by atoms with Gasteiger partial charge in [-0.3, -0.25) is 9.48 Å². The van der Waals surface area contributed by atoms with E-state index in [4.69, 9.17) is 5.11 Å². The summed E-state index contributed by atoms with van der Waals surface area (Å²) in [6, 6.07) is 2.00. The van der Waals surface area contributed by atoms with E-state index in [1.165, 1.54) is 12.8 Å². The largest absolute Gasteiger partial charge is 0.481 e. The third-order valence-corrected chi connectivity index (χ3v) is 2.79. The number of aromatic nitrogens is 2. The molecule has 1 aromatic heterocycles. The molecule has 1 aromatic rings. The van der Waals surface area contributed by atoms with Crippen LogP contribution in [0.4, 0.5) is 0 Å². The predicted molar refractivity (Wildman–Crippen MR) is 55.6 cm³/mol. The number of hydrogen-bond donors (Lipinski definition) is 1. The number of carboxylic acids is 1. The number of hydrogen-bond acceptors (Lipinski definition) is 2. The van der Waals surface area contributed by atoms with E-state index in [2.05, 4.69) is 5.10 Å². The smallest absolute Gasteiger partial charge is 0.310 e. The van der Waals surface area contributed by atoms with Crippen LogP contribution in [0.1, 0.15) is 38.3 Å². The van der Waals surface area contributed by atoms with Crippen molar-refractivity contribution in [2.45, 2.75) is 39.2 Å². The standard InChI is InChI=1S/C11H16N2O2/c1-11(2,10(14)15)7-13-6-5-9(12-13)8-3-4-8/h5-6,8H,3-4,7H2,1-2H3,(H,14,15). The van der Waals surface area contributed by atoms with E-state index in [-0.39, 0.29) is 0 Å². The summed E-state index contributed by atoms with van der Waals surface area (Å²) < 4.78 is 1.74. The summed E-state index contributed by atoms with van der Waals surface area (Å²) in [4.78, 5) is 10.9. The molecule has 2 rings (SSSR count). The fourth-order valence-electron chi connectivity index (χ4n) is 1.53. The summed E-state index contributed by atoms with van der Waals surface area (Å²) in [5.41, 5.74) is 0.350. The zero-order valence-electron chi connectivity index (χ0n) is 9.10. The summed E-state index contributed by atoms with van der Waals surface area (Å²) in [6.45, 7) is 3.86. The zero-order chi connectivity index (χ0) is 11.1. The van der Waals surface area contributed by atoms with Gasteiger partial charge in [0.25, 0.3) is 0 Å². The van der Waals surface area contributed by atoms with Gasteiger partial charge in [-0.2, -0.15) is 5.10 Å². The Hall–Kier alpha value is -1.32. The highest BCUT2D eigenvalue weighted by atomic mass is 16.4. The molecule has 1 saturated carbocycles. The lowest BCUT2D eigenvalue weighted by molar-refractivity contribution is -0.147. The Balaban J connectivity index is 2.06. The molecule has 0 atom stereocenters. The van der Waals surface area contributed by atoms with Crippen LogP contribution >= 0.6 is 0 Å². The Morgan fingerprint density at radius 1 is 1.67 bits per heavy atom. The first kappa shape index (κ1) is 10.2. The molecular weight excluding hydrogens is 192 g/mol. The molecule has 0 aromatic carbocycles. The first-order valence-corrected chi connectivity index (χ1v) is 5.26. The van der Waals surface area contributed by atoms with Gasteiger partial charge in [-0.25, -0.2) is 0 Å². The summed E-state index contributed by atoms with van der Waals surface area (Å²) >= 11 is 0. The predicted octanol–water partition coefficient (Wildman–Crippen LogP) is 1.87. The molecule has 0 saturated heterocycles. The van der Waals surface area contributed by atoms with Crippen LogP contribution in [-0.4, -0.2) is 20.9 Å². The highest BCUT2D eigenvalue weighted by Gasteiger charge is 2.30. The monoisotopic (exact) mass is 208 g/mol. The summed E-state index contributed by atoms with van der Waals surface area (Å²) in [5, 5.41) is 13.4. The van der Waals surface area contributed by atoms with Gasteiger partial charge in [0.15, 0.2) is 0 Å². The maximum Gasteiger partial charge on any atom is 0.310 e. The Bertz CT molecular complexity index is 378. The van der Waals surface area contributed by atoms with Crippen molar-refractivity contribution in [1.29, 1.82) is 0 Å². The first-order valence-electron chi connectivity index (χ1n) is 5.26. The minimum absolute atomic E-state index is 0.426. The second-order valence-corrected chi connectivity index (χ2v) is 4.90. The van der Waals surface area contributed by atoms with Gasteiger partial charge in [0.05, 0.1) is 17.7 Å². The van der Waals surface area contributed by atoms with Crippen molar-refractivity contribution in [2.24, 2.45) is 5.41 Å². The molecule has 4 heteroatoms. The van der Waals surface area contributed by atoms with Crippen molar-refractivity contribution < 1.29 is 9.90 Å². The number of carboxylic acid groups (broad SMARTS) is 1. The van der Waals surface area contributed by atoms with Crippen molar-refractivity contribution in [1.82, 2.24) is 9.78 Å². The number of rotatable bonds is 4. The van der Waals surface area contributed by atoms with Crippen LogP contribution < -0.4 is 0 Å². The molecule has 15 heavy (non-hydrogen) atoms. The third-order valence-electron chi connectivity index (χ3n) is 2.79. The van der Waals surface area contributed by atoms with Crippen LogP contribution in [-0.2, 0) is 11.3 Å². The third kappa shape index (κ3) is 2.19. The second kappa shape index (κ2) is 3.36. The molecule has 82 valence electrons. The number of aliphatic carboxylic acids is 1. The molecule has 0 spiro atoms. The van der Waals surface area contributed by atoms with Crippen molar-refractivity contribution in [3.63, 3.8) is 0 Å². The van der Waals surface area contributed by atoms with E-state index in [0.717, 1.165) is 5.69 Å². The minimum atomic E-state index is -0.786. The normalized spacial score (nSPS) is 16.7. The topological polar surface area (TPSA) is 55.1 Å². The highest BCUT2D eigenvalue weighted by Crippen LogP contribution is 2.38. The minimum Gasteiger partial charge on any atom is -0.481 e. The van der Waals surface area contributed by atoms with Gasteiger partial charge in [-0.15, -0.1) is 0 Å². The average molecular weight is 208 g/mol.